The number of benzene rings is 1. The Kier molecular flexibility index (Phi) is 8.00. The third kappa shape index (κ3) is 7.62. The lowest BCUT2D eigenvalue weighted by atomic mass is 9.97. The van der Waals surface area contributed by atoms with E-state index in [4.69, 9.17) is 0 Å². The van der Waals surface area contributed by atoms with E-state index in [1.807, 2.05) is 0 Å². The smallest absolute Gasteiger partial charge is 0.230 e. The van der Waals surface area contributed by atoms with Crippen LogP contribution in [0.3, 0.4) is 0 Å². The number of nitrogens with two attached hydrogens (primary N) is 1. The fourth-order valence-corrected chi connectivity index (χ4v) is 3.12. The Balaban J connectivity index is 1.80. The Hall–Kier alpha value is -2.67. The van der Waals surface area contributed by atoms with Crippen molar-refractivity contribution in [2.24, 2.45) is 0 Å². The minimum atomic E-state index is -1.23. The molecule has 0 heterocycles. The van der Waals surface area contributed by atoms with Crippen LogP contribution in [0.2, 0.25) is 0 Å². The van der Waals surface area contributed by atoms with Crippen molar-refractivity contribution in [1.82, 2.24) is 0 Å². The van der Waals surface area contributed by atoms with E-state index in [1.54, 1.807) is 29.6 Å². The first kappa shape index (κ1) is 20.6. The van der Waals surface area contributed by atoms with Crippen molar-refractivity contribution in [2.75, 3.05) is 17.2 Å². The second-order valence-corrected chi connectivity index (χ2v) is 6.82. The number of anilines is 2. The first-order valence-corrected chi connectivity index (χ1v) is 9.33. The topological polar surface area (TPSA) is 115 Å². The van der Waals surface area contributed by atoms with Gasteiger partial charge in [0.1, 0.15) is 6.04 Å². The van der Waals surface area contributed by atoms with Crippen LogP contribution in [0.4, 0.5) is 11.4 Å². The Labute approximate surface area is 159 Å². The fourth-order valence-electron chi connectivity index (χ4n) is 3.12. The summed E-state index contributed by atoms with van der Waals surface area (Å²) in [6, 6.07) is 5.72. The molecule has 7 heteroatoms. The van der Waals surface area contributed by atoms with Gasteiger partial charge in [0, 0.05) is 24.7 Å². The molecule has 2 amide bonds. The van der Waals surface area contributed by atoms with E-state index in [2.05, 4.69) is 16.7 Å². The highest BCUT2D eigenvalue weighted by atomic mass is 16.4. The number of nitrogens with one attached hydrogen (secondary N) is 2. The molecule has 1 atom stereocenters. The lowest BCUT2D eigenvalue weighted by Crippen LogP contribution is -2.93. The van der Waals surface area contributed by atoms with E-state index in [0.717, 1.165) is 19.3 Å². The summed E-state index contributed by atoms with van der Waals surface area (Å²) in [4.78, 5) is 34.5. The predicted molar refractivity (Wildman–Crippen MR) is 101 cm³/mol. The summed E-state index contributed by atoms with van der Waals surface area (Å²) in [5, 5.41) is 18.3. The van der Waals surface area contributed by atoms with Crippen molar-refractivity contribution >= 4 is 29.2 Å². The van der Waals surface area contributed by atoms with Crippen LogP contribution >= 0.6 is 0 Å². The van der Waals surface area contributed by atoms with E-state index in [-0.39, 0.29) is 18.2 Å². The molecule has 1 aromatic rings. The number of carboxylic acids is 1. The molecule has 0 saturated heterocycles. The van der Waals surface area contributed by atoms with E-state index in [9.17, 15) is 19.5 Å². The molecule has 0 aliphatic heterocycles. The SMILES string of the molecule is CC(=O)Nc1ccc(NC(=O)C[C@H]([NH2+]CCC2=CCCCC2)C(=O)[O-])cc1. The van der Waals surface area contributed by atoms with Gasteiger partial charge in [-0.15, -0.1) is 0 Å². The maximum Gasteiger partial charge on any atom is 0.230 e. The first-order chi connectivity index (χ1) is 12.9. The number of aliphatic carboxylic acids is 1. The highest BCUT2D eigenvalue weighted by Crippen LogP contribution is 2.19. The highest BCUT2D eigenvalue weighted by Gasteiger charge is 2.18. The van der Waals surface area contributed by atoms with Crippen LogP contribution in [-0.4, -0.2) is 30.4 Å². The molecule has 1 aromatic carbocycles. The van der Waals surface area contributed by atoms with Gasteiger partial charge in [-0.05, 0) is 49.9 Å². The molecular formula is C20H27N3O4. The summed E-state index contributed by atoms with van der Waals surface area (Å²) in [5.41, 5.74) is 2.54. The average molecular weight is 373 g/mol. The molecule has 2 rings (SSSR count). The number of allylic oxidation sites excluding steroid dienone is 1. The molecule has 0 radical (unpaired) electrons. The second kappa shape index (κ2) is 10.5. The average Bonchev–Trinajstić information content (AvgIpc) is 2.63. The first-order valence-electron chi connectivity index (χ1n) is 9.33. The molecule has 0 bridgehead atoms. The van der Waals surface area contributed by atoms with Crippen molar-refractivity contribution in [3.05, 3.63) is 35.9 Å². The largest absolute Gasteiger partial charge is 0.544 e. The van der Waals surface area contributed by atoms with Gasteiger partial charge in [0.25, 0.3) is 0 Å². The number of rotatable bonds is 9. The summed E-state index contributed by atoms with van der Waals surface area (Å²) in [6.07, 6.45) is 7.52. The van der Waals surface area contributed by atoms with E-state index >= 15 is 0 Å². The molecule has 1 aliphatic carbocycles. The molecule has 4 N–H and O–H groups in total. The number of quaternary nitrogens is 1. The van der Waals surface area contributed by atoms with Gasteiger partial charge in [-0.2, -0.15) is 0 Å². The quantitative estimate of drug-likeness (QED) is 0.548. The third-order valence-corrected chi connectivity index (χ3v) is 4.50. The number of hydrogen-bond acceptors (Lipinski definition) is 4. The van der Waals surface area contributed by atoms with Crippen LogP contribution in [0.15, 0.2) is 35.9 Å². The van der Waals surface area contributed by atoms with Gasteiger partial charge < -0.3 is 25.9 Å². The molecule has 1 aliphatic rings. The van der Waals surface area contributed by atoms with Crippen LogP contribution in [-0.2, 0) is 14.4 Å². The van der Waals surface area contributed by atoms with Gasteiger partial charge in [0.05, 0.1) is 18.9 Å². The fraction of sp³-hybridized carbons (Fsp3) is 0.450. The molecule has 0 spiro atoms. The van der Waals surface area contributed by atoms with Gasteiger partial charge in [0.15, 0.2) is 0 Å². The van der Waals surface area contributed by atoms with Crippen LogP contribution in [0.1, 0.15) is 45.4 Å². The second-order valence-electron chi connectivity index (χ2n) is 6.82. The Morgan fingerprint density at radius 2 is 1.78 bits per heavy atom. The number of amides is 2. The van der Waals surface area contributed by atoms with Crippen LogP contribution in [0.25, 0.3) is 0 Å². The monoisotopic (exact) mass is 373 g/mol. The number of carbonyl (C=O) groups excluding carboxylic acids is 3. The number of carbonyl (C=O) groups is 3. The summed E-state index contributed by atoms with van der Waals surface area (Å²) < 4.78 is 0. The Morgan fingerprint density at radius 1 is 1.11 bits per heavy atom. The maximum atomic E-state index is 12.2. The lowest BCUT2D eigenvalue weighted by molar-refractivity contribution is -0.682. The van der Waals surface area contributed by atoms with Crippen molar-refractivity contribution in [2.45, 2.75) is 51.5 Å². The Morgan fingerprint density at radius 3 is 2.33 bits per heavy atom. The zero-order valence-corrected chi connectivity index (χ0v) is 15.6. The predicted octanol–water partition coefficient (Wildman–Crippen LogP) is 0.546. The van der Waals surface area contributed by atoms with Crippen molar-refractivity contribution in [1.29, 1.82) is 0 Å². The van der Waals surface area contributed by atoms with Crippen molar-refractivity contribution < 1.29 is 24.8 Å². The normalized spacial score (nSPS) is 14.8. The summed E-state index contributed by atoms with van der Waals surface area (Å²) in [6.45, 7) is 2.04. The molecule has 7 nitrogen and oxygen atoms in total. The van der Waals surface area contributed by atoms with Gasteiger partial charge in [0.2, 0.25) is 11.8 Å². The van der Waals surface area contributed by atoms with Crippen LogP contribution in [0.5, 0.6) is 0 Å². The van der Waals surface area contributed by atoms with E-state index in [1.165, 1.54) is 25.3 Å². The molecule has 0 unspecified atom stereocenters. The van der Waals surface area contributed by atoms with E-state index < -0.39 is 12.0 Å². The molecular weight excluding hydrogens is 346 g/mol. The van der Waals surface area contributed by atoms with Gasteiger partial charge in [-0.25, -0.2) is 0 Å². The molecule has 146 valence electrons. The zero-order valence-electron chi connectivity index (χ0n) is 15.6. The standard InChI is InChI=1S/C20H27N3O4/c1-14(24)22-16-7-9-17(10-8-16)23-19(25)13-18(20(26)27)21-12-11-15-5-3-2-4-6-15/h5,7-10,18,21H,2-4,6,11-13H2,1H3,(H,22,24)(H,23,25)(H,26,27)/t18-/m0/s1. The van der Waals surface area contributed by atoms with Crippen LogP contribution < -0.4 is 21.1 Å². The zero-order chi connectivity index (χ0) is 19.6. The van der Waals surface area contributed by atoms with Gasteiger partial charge in [-0.1, -0.05) is 11.6 Å². The number of hydrogen-bond donors (Lipinski definition) is 3. The van der Waals surface area contributed by atoms with Gasteiger partial charge >= 0.3 is 0 Å². The van der Waals surface area contributed by atoms with Crippen molar-refractivity contribution in [3.63, 3.8) is 0 Å². The summed E-state index contributed by atoms with van der Waals surface area (Å²) >= 11 is 0. The minimum absolute atomic E-state index is 0.158. The van der Waals surface area contributed by atoms with Crippen LogP contribution in [0, 0.1) is 0 Å². The highest BCUT2D eigenvalue weighted by molar-refractivity contribution is 5.94. The molecule has 0 aromatic heterocycles. The molecule has 0 saturated carbocycles. The Bertz CT molecular complexity index is 698. The minimum Gasteiger partial charge on any atom is -0.544 e. The maximum absolute atomic E-state index is 12.2. The lowest BCUT2D eigenvalue weighted by Gasteiger charge is -2.18. The molecule has 27 heavy (non-hydrogen) atoms. The van der Waals surface area contributed by atoms with Gasteiger partial charge in [-0.3, -0.25) is 9.59 Å². The summed E-state index contributed by atoms with van der Waals surface area (Å²) in [7, 11) is 0. The summed E-state index contributed by atoms with van der Waals surface area (Å²) in [5.74, 6) is -1.79. The number of carboxylic acid groups (broad SMARTS) is 1. The van der Waals surface area contributed by atoms with Crippen molar-refractivity contribution in [3.8, 4) is 0 Å². The third-order valence-electron chi connectivity index (χ3n) is 4.50. The van der Waals surface area contributed by atoms with E-state index in [0.29, 0.717) is 17.9 Å². The molecule has 0 fully saturated rings.